The molecule has 0 bridgehead atoms. The van der Waals surface area contributed by atoms with Gasteiger partial charge in [-0.25, -0.2) is 9.79 Å². The third-order valence-corrected chi connectivity index (χ3v) is 6.25. The van der Waals surface area contributed by atoms with Crippen LogP contribution in [0.5, 0.6) is 0 Å². The Labute approximate surface area is 205 Å². The van der Waals surface area contributed by atoms with Gasteiger partial charge in [0, 0.05) is 16.1 Å². The van der Waals surface area contributed by atoms with Crippen LogP contribution >= 0.6 is 23.4 Å². The normalized spacial score (nSPS) is 15.9. The fraction of sp³-hybridized carbons (Fsp3) is 0.115. The molecule has 34 heavy (non-hydrogen) atoms. The third kappa shape index (κ3) is 5.00. The van der Waals surface area contributed by atoms with E-state index in [0.717, 1.165) is 22.9 Å². The zero-order valence-corrected chi connectivity index (χ0v) is 19.9. The number of esters is 1. The minimum atomic E-state index is -0.756. The lowest BCUT2D eigenvalue weighted by Crippen LogP contribution is -2.14. The second-order valence-corrected chi connectivity index (χ2v) is 8.77. The Morgan fingerprint density at radius 1 is 1.12 bits per heavy atom. The molecule has 1 aromatic heterocycles. The summed E-state index contributed by atoms with van der Waals surface area (Å²) in [6, 6.07) is 17.7. The average molecular weight is 494 g/mol. The summed E-state index contributed by atoms with van der Waals surface area (Å²) in [6.45, 7) is 3.57. The zero-order valence-electron chi connectivity index (χ0n) is 18.4. The van der Waals surface area contributed by atoms with Gasteiger partial charge in [-0.3, -0.25) is 4.79 Å². The van der Waals surface area contributed by atoms with Crippen molar-refractivity contribution < 1.29 is 23.8 Å². The molecule has 0 saturated heterocycles. The van der Waals surface area contributed by atoms with Crippen LogP contribution in [-0.4, -0.2) is 28.6 Å². The van der Waals surface area contributed by atoms with E-state index >= 15 is 0 Å². The summed E-state index contributed by atoms with van der Waals surface area (Å²) in [4.78, 5) is 29.8. The highest BCUT2D eigenvalue weighted by atomic mass is 35.5. The highest BCUT2D eigenvalue weighted by molar-refractivity contribution is 8.18. The number of carbonyl (C=O) groups is 2. The van der Waals surface area contributed by atoms with E-state index in [4.69, 9.17) is 20.8 Å². The molecule has 4 rings (SSSR count). The number of furan rings is 1. The number of aliphatic hydroxyl groups excluding tert-OH is 1. The second kappa shape index (κ2) is 10.2. The van der Waals surface area contributed by atoms with Gasteiger partial charge in [0.2, 0.25) is 0 Å². The predicted octanol–water partition coefficient (Wildman–Crippen LogP) is 6.61. The summed E-state index contributed by atoms with van der Waals surface area (Å²) < 4.78 is 11.0. The summed E-state index contributed by atoms with van der Waals surface area (Å²) in [7, 11) is 0. The van der Waals surface area contributed by atoms with Crippen molar-refractivity contribution in [3.63, 3.8) is 0 Å². The summed E-state index contributed by atoms with van der Waals surface area (Å²) in [5.74, 6) is -0.518. The SMILES string of the molecule is CCOC(=O)C1=C(O)/C(=C/c2ccc(-c3ccc(Cl)cc3)o2)SC1=NC(=O)c1ccccc1C. The number of benzene rings is 2. The molecule has 8 heteroatoms. The van der Waals surface area contributed by atoms with E-state index in [2.05, 4.69) is 4.99 Å². The number of ether oxygens (including phenoxy) is 1. The highest BCUT2D eigenvalue weighted by Crippen LogP contribution is 2.40. The zero-order chi connectivity index (χ0) is 24.2. The van der Waals surface area contributed by atoms with Gasteiger partial charge in [-0.2, -0.15) is 0 Å². The van der Waals surface area contributed by atoms with E-state index in [1.54, 1.807) is 62.4 Å². The molecule has 2 aromatic carbocycles. The molecule has 1 N–H and O–H groups in total. The number of aliphatic imine (C=N–C) groups is 1. The van der Waals surface area contributed by atoms with Crippen LogP contribution in [0, 0.1) is 6.92 Å². The molecule has 172 valence electrons. The molecule has 0 aliphatic carbocycles. The fourth-order valence-corrected chi connectivity index (χ4v) is 4.40. The fourth-order valence-electron chi connectivity index (χ4n) is 3.29. The molecule has 0 fully saturated rings. The standard InChI is InChI=1S/C26H20ClNO5S/c1-3-32-26(31)22-23(29)21(34-25(22)28-24(30)19-7-5-4-6-15(19)2)14-18-12-13-20(33-18)16-8-10-17(27)11-9-16/h4-14,29H,3H2,1-2H3/b21-14-,28-25?. The van der Waals surface area contributed by atoms with Crippen LogP contribution in [0.2, 0.25) is 5.02 Å². The van der Waals surface area contributed by atoms with Crippen molar-refractivity contribution in [3.05, 3.63) is 98.8 Å². The van der Waals surface area contributed by atoms with E-state index in [9.17, 15) is 14.7 Å². The van der Waals surface area contributed by atoms with Gasteiger partial charge in [0.15, 0.2) is 0 Å². The first-order valence-electron chi connectivity index (χ1n) is 10.4. The number of hydrogen-bond donors (Lipinski definition) is 1. The Hall–Kier alpha value is -3.55. The average Bonchev–Trinajstić information content (AvgIpc) is 3.39. The smallest absolute Gasteiger partial charge is 0.344 e. The van der Waals surface area contributed by atoms with Crippen LogP contribution in [-0.2, 0) is 9.53 Å². The van der Waals surface area contributed by atoms with Gasteiger partial charge in [-0.05, 0) is 68.0 Å². The molecule has 1 aliphatic rings. The van der Waals surface area contributed by atoms with Gasteiger partial charge < -0.3 is 14.3 Å². The molecular weight excluding hydrogens is 474 g/mol. The first kappa shape index (κ1) is 23.6. The Morgan fingerprint density at radius 3 is 2.56 bits per heavy atom. The Bertz CT molecular complexity index is 1350. The number of thioether (sulfide) groups is 1. The van der Waals surface area contributed by atoms with E-state index < -0.39 is 11.9 Å². The number of rotatable bonds is 5. The number of amides is 1. The van der Waals surface area contributed by atoms with Crippen LogP contribution in [0.1, 0.15) is 28.6 Å². The van der Waals surface area contributed by atoms with E-state index in [1.807, 2.05) is 18.2 Å². The monoisotopic (exact) mass is 493 g/mol. The van der Waals surface area contributed by atoms with Gasteiger partial charge in [0.05, 0.1) is 11.5 Å². The maximum Gasteiger partial charge on any atom is 0.344 e. The van der Waals surface area contributed by atoms with E-state index in [-0.39, 0.29) is 23.0 Å². The van der Waals surface area contributed by atoms with Crippen molar-refractivity contribution in [2.75, 3.05) is 6.61 Å². The van der Waals surface area contributed by atoms with Gasteiger partial charge in [-0.15, -0.1) is 0 Å². The molecule has 0 atom stereocenters. The Balaban J connectivity index is 1.68. The summed E-state index contributed by atoms with van der Waals surface area (Å²) in [5, 5.41) is 11.5. The van der Waals surface area contributed by atoms with Crippen molar-refractivity contribution in [1.82, 2.24) is 0 Å². The summed E-state index contributed by atoms with van der Waals surface area (Å²) in [6.07, 6.45) is 1.58. The van der Waals surface area contributed by atoms with Crippen molar-refractivity contribution in [1.29, 1.82) is 0 Å². The largest absolute Gasteiger partial charge is 0.506 e. The number of aliphatic hydroxyl groups is 1. The maximum atomic E-state index is 12.8. The topological polar surface area (TPSA) is 89.1 Å². The Kier molecular flexibility index (Phi) is 7.05. The van der Waals surface area contributed by atoms with Crippen LogP contribution in [0.15, 0.2) is 86.3 Å². The predicted molar refractivity (Wildman–Crippen MR) is 134 cm³/mol. The van der Waals surface area contributed by atoms with Gasteiger partial charge in [-0.1, -0.05) is 41.6 Å². The number of carbonyl (C=O) groups excluding carboxylic acids is 2. The molecular formula is C26H20ClNO5S. The molecule has 1 amide bonds. The number of halogens is 1. The molecule has 0 radical (unpaired) electrons. The number of aryl methyl sites for hydroxylation is 1. The lowest BCUT2D eigenvalue weighted by atomic mass is 10.1. The Morgan fingerprint density at radius 2 is 1.85 bits per heavy atom. The lowest BCUT2D eigenvalue weighted by Gasteiger charge is -2.04. The molecule has 0 unspecified atom stereocenters. The molecule has 3 aromatic rings. The van der Waals surface area contributed by atoms with Crippen LogP contribution in [0.4, 0.5) is 0 Å². The van der Waals surface area contributed by atoms with Crippen molar-refractivity contribution >= 4 is 46.4 Å². The van der Waals surface area contributed by atoms with Crippen molar-refractivity contribution in [2.24, 2.45) is 4.99 Å². The number of hydrogen-bond acceptors (Lipinski definition) is 6. The van der Waals surface area contributed by atoms with Crippen molar-refractivity contribution in [2.45, 2.75) is 13.8 Å². The third-order valence-electron chi connectivity index (χ3n) is 4.98. The molecule has 2 heterocycles. The van der Waals surface area contributed by atoms with Crippen LogP contribution in [0.3, 0.4) is 0 Å². The summed E-state index contributed by atoms with van der Waals surface area (Å²) >= 11 is 6.94. The molecule has 0 saturated carbocycles. The van der Waals surface area contributed by atoms with Crippen LogP contribution in [0.25, 0.3) is 17.4 Å². The van der Waals surface area contributed by atoms with Gasteiger partial charge >= 0.3 is 5.97 Å². The highest BCUT2D eigenvalue weighted by Gasteiger charge is 2.34. The first-order chi connectivity index (χ1) is 16.4. The first-order valence-corrected chi connectivity index (χ1v) is 11.6. The minimum Gasteiger partial charge on any atom is -0.506 e. The van der Waals surface area contributed by atoms with Gasteiger partial charge in [0.25, 0.3) is 5.91 Å². The quantitative estimate of drug-likeness (QED) is 0.402. The van der Waals surface area contributed by atoms with Gasteiger partial charge in [0.1, 0.15) is 27.9 Å². The summed E-state index contributed by atoms with van der Waals surface area (Å²) in [5.41, 5.74) is 1.86. The second-order valence-electron chi connectivity index (χ2n) is 7.30. The maximum absolute atomic E-state index is 12.8. The molecule has 6 nitrogen and oxygen atoms in total. The molecule has 0 spiro atoms. The van der Waals surface area contributed by atoms with E-state index in [1.165, 1.54) is 0 Å². The van der Waals surface area contributed by atoms with E-state index in [0.29, 0.717) is 27.0 Å². The van der Waals surface area contributed by atoms with Crippen molar-refractivity contribution in [3.8, 4) is 11.3 Å². The minimum absolute atomic E-state index is 0.0694. The molecule has 1 aliphatic heterocycles. The lowest BCUT2D eigenvalue weighted by molar-refractivity contribution is -0.138. The number of nitrogens with zero attached hydrogens (tertiary/aromatic N) is 1. The van der Waals surface area contributed by atoms with Crippen LogP contribution < -0.4 is 0 Å².